The number of rotatable bonds is 5. The molecular weight excluding hydrogens is 403 g/mol. The molecule has 6 nitrogen and oxygen atoms in total. The Balaban J connectivity index is 1.65. The van der Waals surface area contributed by atoms with Gasteiger partial charge in [0.2, 0.25) is 5.82 Å². The van der Waals surface area contributed by atoms with E-state index in [0.717, 1.165) is 10.0 Å². The van der Waals surface area contributed by atoms with Gasteiger partial charge in [-0.05, 0) is 48.4 Å². The van der Waals surface area contributed by atoms with Gasteiger partial charge in [-0.3, -0.25) is 4.79 Å². The number of nitrogens with zero attached hydrogens (tertiary/aromatic N) is 3. The minimum atomic E-state index is -0.887. The molecule has 1 atom stereocenters. The van der Waals surface area contributed by atoms with Crippen LogP contribution in [0.4, 0.5) is 10.1 Å². The number of hydrogen-bond donors (Lipinski definition) is 2. The Hall–Kier alpha value is -2.58. The summed E-state index contributed by atoms with van der Waals surface area (Å²) >= 11 is 3.40. The van der Waals surface area contributed by atoms with Crippen molar-refractivity contribution in [1.29, 1.82) is 0 Å². The third-order valence-corrected chi connectivity index (χ3v) is 4.66. The molecule has 0 aliphatic rings. The Morgan fingerprint density at radius 3 is 2.73 bits per heavy atom. The number of benzene rings is 2. The van der Waals surface area contributed by atoms with Crippen LogP contribution in [0.2, 0.25) is 0 Å². The molecule has 0 aliphatic heterocycles. The fourth-order valence-corrected chi connectivity index (χ4v) is 2.61. The van der Waals surface area contributed by atoms with E-state index in [9.17, 15) is 14.3 Å². The molecule has 2 aromatic carbocycles. The molecule has 0 saturated heterocycles. The first-order valence-electron chi connectivity index (χ1n) is 7.83. The van der Waals surface area contributed by atoms with Crippen molar-refractivity contribution in [2.75, 3.05) is 5.32 Å². The number of aryl methyl sites for hydroxylation is 1. The van der Waals surface area contributed by atoms with Gasteiger partial charge in [0.1, 0.15) is 12.1 Å². The molecule has 3 rings (SSSR count). The lowest BCUT2D eigenvalue weighted by molar-refractivity contribution is 0.101. The van der Waals surface area contributed by atoms with Crippen molar-refractivity contribution < 1.29 is 14.3 Å². The largest absolute Gasteiger partial charge is 0.386 e. The highest BCUT2D eigenvalue weighted by molar-refractivity contribution is 9.10. The molecule has 0 saturated carbocycles. The zero-order valence-corrected chi connectivity index (χ0v) is 15.4. The van der Waals surface area contributed by atoms with Gasteiger partial charge < -0.3 is 10.4 Å². The highest BCUT2D eigenvalue weighted by Crippen LogP contribution is 2.20. The number of halogens is 2. The van der Waals surface area contributed by atoms with Gasteiger partial charge in [0.25, 0.3) is 5.91 Å². The summed E-state index contributed by atoms with van der Waals surface area (Å²) in [6.45, 7) is 2.02. The summed E-state index contributed by atoms with van der Waals surface area (Å²) in [4.78, 5) is 16.2. The van der Waals surface area contributed by atoms with Crippen LogP contribution in [0.15, 0.2) is 53.3 Å². The van der Waals surface area contributed by atoms with Gasteiger partial charge in [-0.1, -0.05) is 28.1 Å². The van der Waals surface area contributed by atoms with Gasteiger partial charge in [0.15, 0.2) is 0 Å². The first-order chi connectivity index (χ1) is 12.4. The van der Waals surface area contributed by atoms with Crippen molar-refractivity contribution in [3.63, 3.8) is 0 Å². The maximum Gasteiger partial charge on any atom is 0.295 e. The van der Waals surface area contributed by atoms with E-state index in [2.05, 4.69) is 31.3 Å². The van der Waals surface area contributed by atoms with Crippen LogP contribution in [0.1, 0.15) is 27.8 Å². The number of anilines is 1. The molecule has 0 aliphatic carbocycles. The Labute approximate surface area is 157 Å². The highest BCUT2D eigenvalue weighted by Gasteiger charge is 2.15. The summed E-state index contributed by atoms with van der Waals surface area (Å²) in [7, 11) is 0. The van der Waals surface area contributed by atoms with Gasteiger partial charge in [-0.15, -0.1) is 5.10 Å². The topological polar surface area (TPSA) is 80.0 Å². The van der Waals surface area contributed by atoms with E-state index in [1.807, 2.05) is 19.1 Å². The van der Waals surface area contributed by atoms with Gasteiger partial charge in [0.05, 0.1) is 12.6 Å². The number of aromatic nitrogens is 3. The fraction of sp³-hybridized carbons (Fsp3) is 0.167. The van der Waals surface area contributed by atoms with E-state index < -0.39 is 12.0 Å². The molecule has 1 aromatic heterocycles. The van der Waals surface area contributed by atoms with E-state index >= 15 is 0 Å². The third-order valence-electron chi connectivity index (χ3n) is 3.77. The molecule has 8 heteroatoms. The molecule has 26 heavy (non-hydrogen) atoms. The molecule has 0 bridgehead atoms. The van der Waals surface area contributed by atoms with Crippen LogP contribution in [0, 0.1) is 12.7 Å². The third kappa shape index (κ3) is 4.33. The SMILES string of the molecule is Cc1cc(NC(=O)c2ncn(C[C@@H](O)c3ccc(F)cc3)n2)ccc1Br. The predicted octanol–water partition coefficient (Wildman–Crippen LogP) is 3.47. The number of aliphatic hydroxyl groups is 1. The molecule has 0 radical (unpaired) electrons. The molecule has 134 valence electrons. The number of carbonyl (C=O) groups is 1. The van der Waals surface area contributed by atoms with Crippen molar-refractivity contribution >= 4 is 27.5 Å². The van der Waals surface area contributed by atoms with Gasteiger partial charge in [0, 0.05) is 10.2 Å². The fourth-order valence-electron chi connectivity index (χ4n) is 2.36. The molecule has 3 aromatic rings. The smallest absolute Gasteiger partial charge is 0.295 e. The lowest BCUT2D eigenvalue weighted by Gasteiger charge is -2.10. The maximum atomic E-state index is 12.9. The highest BCUT2D eigenvalue weighted by atomic mass is 79.9. The van der Waals surface area contributed by atoms with E-state index in [-0.39, 0.29) is 18.2 Å². The zero-order chi connectivity index (χ0) is 18.7. The average Bonchev–Trinajstić information content (AvgIpc) is 3.07. The summed E-state index contributed by atoms with van der Waals surface area (Å²) in [5.74, 6) is -0.817. The lowest BCUT2D eigenvalue weighted by Crippen LogP contribution is -2.15. The summed E-state index contributed by atoms with van der Waals surface area (Å²) in [6.07, 6.45) is 0.483. The van der Waals surface area contributed by atoms with Crippen LogP contribution in [0.3, 0.4) is 0 Å². The van der Waals surface area contributed by atoms with Crippen LogP contribution in [0.5, 0.6) is 0 Å². The number of aliphatic hydroxyl groups excluding tert-OH is 1. The van der Waals surface area contributed by atoms with Gasteiger partial charge in [-0.25, -0.2) is 14.1 Å². The van der Waals surface area contributed by atoms with Crippen molar-refractivity contribution in [1.82, 2.24) is 14.8 Å². The van der Waals surface area contributed by atoms with Crippen LogP contribution in [0.25, 0.3) is 0 Å². The number of carbonyl (C=O) groups excluding carboxylic acids is 1. The van der Waals surface area contributed by atoms with Crippen molar-refractivity contribution in [2.24, 2.45) is 0 Å². The van der Waals surface area contributed by atoms with Crippen molar-refractivity contribution in [3.8, 4) is 0 Å². The Kier molecular flexibility index (Phi) is 5.43. The summed E-state index contributed by atoms with van der Waals surface area (Å²) in [5.41, 5.74) is 2.18. The molecule has 0 spiro atoms. The molecule has 1 heterocycles. The van der Waals surface area contributed by atoms with E-state index in [4.69, 9.17) is 0 Å². The van der Waals surface area contributed by atoms with Crippen molar-refractivity contribution in [2.45, 2.75) is 19.6 Å². The number of hydrogen-bond acceptors (Lipinski definition) is 4. The summed E-state index contributed by atoms with van der Waals surface area (Å²) < 4.78 is 15.3. The quantitative estimate of drug-likeness (QED) is 0.664. The summed E-state index contributed by atoms with van der Waals surface area (Å²) in [5, 5.41) is 17.0. The van der Waals surface area contributed by atoms with E-state index in [0.29, 0.717) is 11.3 Å². The standard InChI is InChI=1S/C18H16BrFN4O2/c1-11-8-14(6-7-15(11)19)22-18(26)17-21-10-24(23-17)9-16(25)12-2-4-13(20)5-3-12/h2-8,10,16,25H,9H2,1H3,(H,22,26)/t16-/m1/s1. The zero-order valence-electron chi connectivity index (χ0n) is 13.9. The van der Waals surface area contributed by atoms with E-state index in [1.54, 1.807) is 6.07 Å². The van der Waals surface area contributed by atoms with Crippen molar-refractivity contribution in [3.05, 3.63) is 76.0 Å². The molecular formula is C18H16BrFN4O2. The summed E-state index contributed by atoms with van der Waals surface area (Å²) in [6, 6.07) is 11.0. The number of amides is 1. The minimum absolute atomic E-state index is 0.00289. The van der Waals surface area contributed by atoms with Crippen LogP contribution >= 0.6 is 15.9 Å². The predicted molar refractivity (Wildman–Crippen MR) is 98.2 cm³/mol. The second-order valence-corrected chi connectivity index (χ2v) is 6.63. The second kappa shape index (κ2) is 7.76. The second-order valence-electron chi connectivity index (χ2n) is 5.78. The molecule has 0 unspecified atom stereocenters. The first-order valence-corrected chi connectivity index (χ1v) is 8.62. The van der Waals surface area contributed by atoms with Gasteiger partial charge >= 0.3 is 0 Å². The van der Waals surface area contributed by atoms with Gasteiger partial charge in [-0.2, -0.15) is 0 Å². The van der Waals surface area contributed by atoms with E-state index in [1.165, 1.54) is 35.3 Å². The maximum absolute atomic E-state index is 12.9. The minimum Gasteiger partial charge on any atom is -0.386 e. The molecule has 1 amide bonds. The van der Waals surface area contributed by atoms with Crippen LogP contribution in [-0.4, -0.2) is 25.8 Å². The normalized spacial score (nSPS) is 12.0. The monoisotopic (exact) mass is 418 g/mol. The van der Waals surface area contributed by atoms with Crippen LogP contribution < -0.4 is 5.32 Å². The average molecular weight is 419 g/mol. The lowest BCUT2D eigenvalue weighted by atomic mass is 10.1. The molecule has 2 N–H and O–H groups in total. The Bertz CT molecular complexity index is 927. The Morgan fingerprint density at radius 1 is 1.31 bits per heavy atom. The molecule has 0 fully saturated rings. The Morgan fingerprint density at radius 2 is 2.04 bits per heavy atom. The number of nitrogens with one attached hydrogen (secondary N) is 1. The first kappa shape index (κ1) is 18.2. The van der Waals surface area contributed by atoms with Crippen LogP contribution in [-0.2, 0) is 6.54 Å².